The maximum Gasteiger partial charge on any atom is 0.245 e. The predicted molar refractivity (Wildman–Crippen MR) is 73.0 cm³/mol. The smallest absolute Gasteiger partial charge is 0.245 e. The molecule has 1 unspecified atom stereocenters. The summed E-state index contributed by atoms with van der Waals surface area (Å²) >= 11 is 4.81. The van der Waals surface area contributed by atoms with E-state index in [1.54, 1.807) is 11.8 Å². The lowest BCUT2D eigenvalue weighted by Gasteiger charge is -2.21. The first-order chi connectivity index (χ1) is 8.53. The lowest BCUT2D eigenvalue weighted by atomic mass is 10.2. The number of rotatable bonds is 4. The molecule has 1 saturated heterocycles. The molecule has 18 heavy (non-hydrogen) atoms. The summed E-state index contributed by atoms with van der Waals surface area (Å²) in [5, 5.41) is 8.93. The molecule has 1 aliphatic heterocycles. The van der Waals surface area contributed by atoms with Crippen LogP contribution in [0.5, 0.6) is 0 Å². The number of nitrogens with one attached hydrogen (secondary N) is 1. The van der Waals surface area contributed by atoms with E-state index >= 15 is 0 Å². The largest absolute Gasteiger partial charge is 0.450 e. The van der Waals surface area contributed by atoms with Gasteiger partial charge < -0.3 is 9.52 Å². The van der Waals surface area contributed by atoms with Crippen LogP contribution in [-0.2, 0) is 16.6 Å². The van der Waals surface area contributed by atoms with Crippen LogP contribution >= 0.6 is 27.7 Å². The van der Waals surface area contributed by atoms with Crippen LogP contribution in [0, 0.1) is 0 Å². The van der Waals surface area contributed by atoms with Gasteiger partial charge in [0.05, 0.1) is 0 Å². The number of sulfonamides is 1. The van der Waals surface area contributed by atoms with E-state index in [0.29, 0.717) is 0 Å². The minimum Gasteiger partial charge on any atom is -0.450 e. The van der Waals surface area contributed by atoms with Gasteiger partial charge in [0, 0.05) is 17.9 Å². The molecule has 2 rings (SSSR count). The highest BCUT2D eigenvalue weighted by Gasteiger charge is 2.26. The van der Waals surface area contributed by atoms with Crippen LogP contribution < -0.4 is 4.72 Å². The molecule has 8 heteroatoms. The number of halogens is 1. The van der Waals surface area contributed by atoms with Crippen molar-refractivity contribution in [3.63, 3.8) is 0 Å². The number of furan rings is 1. The van der Waals surface area contributed by atoms with Crippen LogP contribution in [0.2, 0.25) is 0 Å². The molecule has 102 valence electrons. The predicted octanol–water partition coefficient (Wildman–Crippen LogP) is 1.71. The third kappa shape index (κ3) is 3.30. The van der Waals surface area contributed by atoms with Crippen molar-refractivity contribution in [2.75, 3.05) is 11.5 Å². The molecule has 0 radical (unpaired) electrons. The van der Waals surface area contributed by atoms with Crippen LogP contribution in [0.1, 0.15) is 18.6 Å². The Balaban J connectivity index is 2.16. The second-order valence-electron chi connectivity index (χ2n) is 4.04. The van der Waals surface area contributed by atoms with E-state index in [2.05, 4.69) is 20.7 Å². The Labute approximate surface area is 119 Å². The number of aliphatic hydroxyl groups is 1. The Kier molecular flexibility index (Phi) is 4.76. The average Bonchev–Trinajstić information content (AvgIpc) is 2.72. The second kappa shape index (κ2) is 5.96. The zero-order valence-electron chi connectivity index (χ0n) is 9.56. The Morgan fingerprint density at radius 3 is 2.94 bits per heavy atom. The highest BCUT2D eigenvalue weighted by Crippen LogP contribution is 2.27. The Morgan fingerprint density at radius 2 is 2.39 bits per heavy atom. The minimum atomic E-state index is -3.59. The molecule has 0 aromatic carbocycles. The SMILES string of the molecule is O=S(=O)(NC1CCCSC1)c1cc(CO)oc1Br. The summed E-state index contributed by atoms with van der Waals surface area (Å²) in [7, 11) is -3.59. The quantitative estimate of drug-likeness (QED) is 0.859. The van der Waals surface area contributed by atoms with Gasteiger partial charge in [-0.3, -0.25) is 0 Å². The summed E-state index contributed by atoms with van der Waals surface area (Å²) in [5.41, 5.74) is 0. The molecular formula is C10H14BrNO4S2. The van der Waals surface area contributed by atoms with Crippen LogP contribution in [0.4, 0.5) is 0 Å². The van der Waals surface area contributed by atoms with E-state index < -0.39 is 10.0 Å². The van der Waals surface area contributed by atoms with Gasteiger partial charge in [0.25, 0.3) is 0 Å². The van der Waals surface area contributed by atoms with Crippen molar-refractivity contribution in [3.8, 4) is 0 Å². The molecule has 0 bridgehead atoms. The Bertz CT molecular complexity index is 508. The topological polar surface area (TPSA) is 79.5 Å². The third-order valence-corrected chi connectivity index (χ3v) is 6.23. The average molecular weight is 356 g/mol. The first-order valence-electron chi connectivity index (χ1n) is 5.52. The summed E-state index contributed by atoms with van der Waals surface area (Å²) in [6.45, 7) is -0.326. The maximum absolute atomic E-state index is 12.2. The first-order valence-corrected chi connectivity index (χ1v) is 8.95. The van der Waals surface area contributed by atoms with Crippen molar-refractivity contribution in [2.45, 2.75) is 30.4 Å². The number of thioether (sulfide) groups is 1. The molecule has 1 aliphatic rings. The molecule has 0 spiro atoms. The standard InChI is InChI=1S/C10H14BrNO4S2/c11-10-9(4-8(5-13)16-10)18(14,15)12-7-2-1-3-17-6-7/h4,7,12-13H,1-3,5-6H2. The number of aliphatic hydroxyl groups excluding tert-OH is 1. The van der Waals surface area contributed by atoms with Crippen LogP contribution in [0.15, 0.2) is 20.0 Å². The molecule has 1 aromatic rings. The van der Waals surface area contributed by atoms with Crippen molar-refractivity contribution < 1.29 is 17.9 Å². The van der Waals surface area contributed by atoms with E-state index in [9.17, 15) is 8.42 Å². The van der Waals surface area contributed by atoms with Crippen molar-refractivity contribution in [1.29, 1.82) is 0 Å². The minimum absolute atomic E-state index is 0.0341. The molecule has 1 aromatic heterocycles. The van der Waals surface area contributed by atoms with E-state index in [4.69, 9.17) is 9.52 Å². The van der Waals surface area contributed by atoms with Crippen molar-refractivity contribution >= 4 is 37.7 Å². The second-order valence-corrected chi connectivity index (χ2v) is 7.60. The third-order valence-electron chi connectivity index (χ3n) is 2.63. The van der Waals surface area contributed by atoms with E-state index in [1.807, 2.05) is 0 Å². The Hall–Kier alpha value is -0.0200. The number of hydrogen-bond acceptors (Lipinski definition) is 5. The lowest BCUT2D eigenvalue weighted by molar-refractivity contribution is 0.245. The summed E-state index contributed by atoms with van der Waals surface area (Å²) in [4.78, 5) is 0.0436. The van der Waals surface area contributed by atoms with Gasteiger partial charge in [-0.15, -0.1) is 0 Å². The highest BCUT2D eigenvalue weighted by atomic mass is 79.9. The zero-order chi connectivity index (χ0) is 13.2. The molecule has 0 saturated carbocycles. The van der Waals surface area contributed by atoms with Gasteiger partial charge in [-0.1, -0.05) is 0 Å². The van der Waals surface area contributed by atoms with Crippen molar-refractivity contribution in [1.82, 2.24) is 4.72 Å². The fourth-order valence-corrected chi connectivity index (χ4v) is 5.22. The van der Waals surface area contributed by atoms with Gasteiger partial charge in [0.2, 0.25) is 10.0 Å². The van der Waals surface area contributed by atoms with Crippen molar-refractivity contribution in [3.05, 3.63) is 16.5 Å². The highest BCUT2D eigenvalue weighted by molar-refractivity contribution is 9.10. The van der Waals surface area contributed by atoms with Gasteiger partial charge >= 0.3 is 0 Å². The van der Waals surface area contributed by atoms with Crippen LogP contribution in [-0.4, -0.2) is 31.1 Å². The Morgan fingerprint density at radius 1 is 1.61 bits per heavy atom. The summed E-state index contributed by atoms with van der Waals surface area (Å²) in [6, 6.07) is 1.30. The van der Waals surface area contributed by atoms with E-state index in [-0.39, 0.29) is 28.0 Å². The fraction of sp³-hybridized carbons (Fsp3) is 0.600. The monoisotopic (exact) mass is 355 g/mol. The van der Waals surface area contributed by atoms with Gasteiger partial charge in [-0.2, -0.15) is 11.8 Å². The van der Waals surface area contributed by atoms with Gasteiger partial charge in [0.1, 0.15) is 17.3 Å². The molecular weight excluding hydrogens is 342 g/mol. The van der Waals surface area contributed by atoms with Gasteiger partial charge in [0.15, 0.2) is 4.67 Å². The fourth-order valence-electron chi connectivity index (χ4n) is 1.78. The van der Waals surface area contributed by atoms with Gasteiger partial charge in [-0.05, 0) is 34.5 Å². The first kappa shape index (κ1) is 14.4. The van der Waals surface area contributed by atoms with Crippen LogP contribution in [0.3, 0.4) is 0 Å². The molecule has 2 heterocycles. The lowest BCUT2D eigenvalue weighted by Crippen LogP contribution is -2.38. The summed E-state index contributed by atoms with van der Waals surface area (Å²) in [5.74, 6) is 2.10. The normalized spacial score (nSPS) is 21.1. The molecule has 0 aliphatic carbocycles. The molecule has 1 atom stereocenters. The summed E-state index contributed by atoms with van der Waals surface area (Å²) < 4.78 is 32.2. The molecule has 2 N–H and O–H groups in total. The zero-order valence-corrected chi connectivity index (χ0v) is 12.8. The maximum atomic E-state index is 12.2. The van der Waals surface area contributed by atoms with Gasteiger partial charge in [-0.25, -0.2) is 13.1 Å². The van der Waals surface area contributed by atoms with E-state index in [0.717, 1.165) is 24.3 Å². The van der Waals surface area contributed by atoms with E-state index in [1.165, 1.54) is 6.07 Å². The number of hydrogen-bond donors (Lipinski definition) is 2. The molecule has 5 nitrogen and oxygen atoms in total. The van der Waals surface area contributed by atoms with Crippen LogP contribution in [0.25, 0.3) is 0 Å². The van der Waals surface area contributed by atoms with Crippen molar-refractivity contribution in [2.24, 2.45) is 0 Å². The summed E-state index contributed by atoms with van der Waals surface area (Å²) in [6.07, 6.45) is 1.88. The molecule has 1 fully saturated rings. The molecule has 0 amide bonds.